The maximum absolute atomic E-state index is 13.1. The molecule has 3 nitrogen and oxygen atoms in total. The molecule has 2 rings (SSSR count). The van der Waals surface area contributed by atoms with E-state index in [4.69, 9.17) is 0 Å². The number of carbonyl (C=O) groups is 1. The molecule has 1 aromatic rings. The molecule has 1 aliphatic heterocycles. The van der Waals surface area contributed by atoms with Crippen molar-refractivity contribution in [3.63, 3.8) is 0 Å². The van der Waals surface area contributed by atoms with E-state index in [-0.39, 0.29) is 12.1 Å². The summed E-state index contributed by atoms with van der Waals surface area (Å²) in [4.78, 5) is 13.1. The lowest BCUT2D eigenvalue weighted by Gasteiger charge is -2.28. The number of halogens is 3. The number of nitrogens with zero attached hydrogens (tertiary/aromatic N) is 1. The van der Waals surface area contributed by atoms with Crippen LogP contribution >= 0.6 is 0 Å². The first-order chi connectivity index (χ1) is 9.65. The summed E-state index contributed by atoms with van der Waals surface area (Å²) in [7, 11) is 0. The van der Waals surface area contributed by atoms with E-state index in [1.54, 1.807) is 24.8 Å². The second-order valence-corrected chi connectivity index (χ2v) is 5.85. The molecule has 21 heavy (non-hydrogen) atoms. The highest BCUT2D eigenvalue weighted by Crippen LogP contribution is 2.40. The van der Waals surface area contributed by atoms with Crippen LogP contribution in [0.4, 0.5) is 13.2 Å². The molecule has 2 atom stereocenters. The Labute approximate surface area is 121 Å². The van der Waals surface area contributed by atoms with E-state index >= 15 is 0 Å². The highest BCUT2D eigenvalue weighted by molar-refractivity contribution is 5.74. The molecule has 0 bridgehead atoms. The summed E-state index contributed by atoms with van der Waals surface area (Å²) in [6.07, 6.45) is -3.96. The summed E-state index contributed by atoms with van der Waals surface area (Å²) in [5.41, 5.74) is -1.34. The van der Waals surface area contributed by atoms with Gasteiger partial charge in [-0.3, -0.25) is 9.69 Å². The Hall–Kier alpha value is -1.56. The van der Waals surface area contributed by atoms with E-state index < -0.39 is 29.2 Å². The minimum atomic E-state index is -4.40. The molecule has 1 aliphatic rings. The topological polar surface area (TPSA) is 40.5 Å². The first-order valence-electron chi connectivity index (χ1n) is 6.79. The van der Waals surface area contributed by atoms with Crippen LogP contribution in [0.25, 0.3) is 0 Å². The number of benzene rings is 1. The van der Waals surface area contributed by atoms with E-state index in [0.29, 0.717) is 13.0 Å². The molecule has 1 heterocycles. The zero-order chi connectivity index (χ0) is 15.8. The minimum Gasteiger partial charge on any atom is -0.481 e. The molecule has 0 aliphatic carbocycles. The zero-order valence-electron chi connectivity index (χ0n) is 11.9. The van der Waals surface area contributed by atoms with Gasteiger partial charge in [-0.25, -0.2) is 0 Å². The van der Waals surface area contributed by atoms with Gasteiger partial charge < -0.3 is 5.11 Å². The van der Waals surface area contributed by atoms with Gasteiger partial charge in [0.1, 0.15) is 0 Å². The Kier molecular flexibility index (Phi) is 4.02. The van der Waals surface area contributed by atoms with Gasteiger partial charge in [0.15, 0.2) is 0 Å². The SMILES string of the molecule is CC(c1ccccc1C(F)(F)F)N1CCC(C)(C(=O)O)C1. The molecule has 1 aromatic carbocycles. The maximum atomic E-state index is 13.1. The molecule has 116 valence electrons. The van der Waals surface area contributed by atoms with Crippen LogP contribution < -0.4 is 0 Å². The first kappa shape index (κ1) is 15.8. The lowest BCUT2D eigenvalue weighted by Crippen LogP contribution is -2.33. The largest absolute Gasteiger partial charge is 0.481 e. The monoisotopic (exact) mass is 301 g/mol. The molecule has 1 saturated heterocycles. The van der Waals surface area contributed by atoms with Crippen LogP contribution in [0.3, 0.4) is 0 Å². The molecule has 2 unspecified atom stereocenters. The van der Waals surface area contributed by atoms with Crippen LogP contribution in [-0.2, 0) is 11.0 Å². The van der Waals surface area contributed by atoms with E-state index in [9.17, 15) is 23.1 Å². The Morgan fingerprint density at radius 2 is 2.00 bits per heavy atom. The summed E-state index contributed by atoms with van der Waals surface area (Å²) >= 11 is 0. The number of hydrogen-bond donors (Lipinski definition) is 1. The quantitative estimate of drug-likeness (QED) is 0.928. The standard InChI is InChI=1S/C15H18F3NO2/c1-10(19-8-7-14(2,9-19)13(20)21)11-5-3-4-6-12(11)15(16,17)18/h3-6,10H,7-9H2,1-2H3,(H,20,21). The Morgan fingerprint density at radius 3 is 2.52 bits per heavy atom. The molecule has 0 amide bonds. The fourth-order valence-corrected chi connectivity index (χ4v) is 2.82. The average molecular weight is 301 g/mol. The predicted molar refractivity (Wildman–Crippen MR) is 71.8 cm³/mol. The number of hydrogen-bond acceptors (Lipinski definition) is 2. The van der Waals surface area contributed by atoms with Crippen LogP contribution in [0, 0.1) is 5.41 Å². The van der Waals surface area contributed by atoms with E-state index in [2.05, 4.69) is 0 Å². The summed E-state index contributed by atoms with van der Waals surface area (Å²) in [6.45, 7) is 4.07. The van der Waals surface area contributed by atoms with Crippen molar-refractivity contribution in [2.24, 2.45) is 5.41 Å². The molecule has 1 fully saturated rings. The number of rotatable bonds is 3. The van der Waals surface area contributed by atoms with Gasteiger partial charge in [-0.2, -0.15) is 13.2 Å². The van der Waals surface area contributed by atoms with Crippen LogP contribution in [0.1, 0.15) is 37.4 Å². The molecule has 0 aromatic heterocycles. The van der Waals surface area contributed by atoms with Gasteiger partial charge in [-0.15, -0.1) is 0 Å². The second-order valence-electron chi connectivity index (χ2n) is 5.85. The lowest BCUT2D eigenvalue weighted by molar-refractivity contribution is -0.147. The predicted octanol–water partition coefficient (Wildman–Crippen LogP) is 3.56. The maximum Gasteiger partial charge on any atom is 0.416 e. The van der Waals surface area contributed by atoms with Gasteiger partial charge in [-0.05, 0) is 38.4 Å². The first-order valence-corrected chi connectivity index (χ1v) is 6.79. The molecular formula is C15H18F3NO2. The summed E-state index contributed by atoms with van der Waals surface area (Å²) in [5, 5.41) is 9.22. The smallest absolute Gasteiger partial charge is 0.416 e. The fraction of sp³-hybridized carbons (Fsp3) is 0.533. The van der Waals surface area contributed by atoms with Gasteiger partial charge in [-0.1, -0.05) is 18.2 Å². The Morgan fingerprint density at radius 1 is 1.38 bits per heavy atom. The minimum absolute atomic E-state index is 0.194. The summed E-state index contributed by atoms with van der Waals surface area (Å²) in [5.74, 6) is -0.902. The normalized spacial score (nSPS) is 25.0. The Balaban J connectivity index is 2.27. The number of carboxylic acids is 1. The van der Waals surface area contributed by atoms with Crippen molar-refractivity contribution in [1.29, 1.82) is 0 Å². The van der Waals surface area contributed by atoms with Crippen LogP contribution in [0.5, 0.6) is 0 Å². The van der Waals surface area contributed by atoms with Crippen molar-refractivity contribution >= 4 is 5.97 Å². The van der Waals surface area contributed by atoms with Crippen molar-refractivity contribution in [1.82, 2.24) is 4.90 Å². The third-order valence-corrected chi connectivity index (χ3v) is 4.28. The number of alkyl halides is 3. The zero-order valence-corrected chi connectivity index (χ0v) is 11.9. The Bertz CT molecular complexity index is 544. The molecule has 0 radical (unpaired) electrons. The van der Waals surface area contributed by atoms with Crippen molar-refractivity contribution in [2.45, 2.75) is 32.5 Å². The van der Waals surface area contributed by atoms with Gasteiger partial charge >= 0.3 is 12.1 Å². The highest BCUT2D eigenvalue weighted by atomic mass is 19.4. The van der Waals surface area contributed by atoms with Crippen molar-refractivity contribution in [3.8, 4) is 0 Å². The lowest BCUT2D eigenvalue weighted by atomic mass is 9.90. The summed E-state index contributed by atoms with van der Waals surface area (Å²) < 4.78 is 39.2. The van der Waals surface area contributed by atoms with Crippen molar-refractivity contribution in [2.75, 3.05) is 13.1 Å². The second kappa shape index (κ2) is 5.33. The van der Waals surface area contributed by atoms with Crippen molar-refractivity contribution < 1.29 is 23.1 Å². The summed E-state index contributed by atoms with van der Waals surface area (Å²) in [6, 6.07) is 5.00. The highest BCUT2D eigenvalue weighted by Gasteiger charge is 2.43. The molecule has 6 heteroatoms. The molecule has 0 spiro atoms. The molecule has 0 saturated carbocycles. The van der Waals surface area contributed by atoms with Crippen LogP contribution in [0.15, 0.2) is 24.3 Å². The van der Waals surface area contributed by atoms with Crippen LogP contribution in [-0.4, -0.2) is 29.1 Å². The van der Waals surface area contributed by atoms with Gasteiger partial charge in [0, 0.05) is 12.6 Å². The molecular weight excluding hydrogens is 283 g/mol. The molecule has 1 N–H and O–H groups in total. The van der Waals surface area contributed by atoms with Gasteiger partial charge in [0.05, 0.1) is 11.0 Å². The van der Waals surface area contributed by atoms with Crippen molar-refractivity contribution in [3.05, 3.63) is 35.4 Å². The van der Waals surface area contributed by atoms with Crippen LogP contribution in [0.2, 0.25) is 0 Å². The number of aliphatic carboxylic acids is 1. The fourth-order valence-electron chi connectivity index (χ4n) is 2.82. The van der Waals surface area contributed by atoms with E-state index in [1.807, 2.05) is 0 Å². The van der Waals surface area contributed by atoms with E-state index in [0.717, 1.165) is 6.07 Å². The number of carboxylic acid groups (broad SMARTS) is 1. The van der Waals surface area contributed by atoms with E-state index in [1.165, 1.54) is 12.1 Å². The van der Waals surface area contributed by atoms with Gasteiger partial charge in [0.25, 0.3) is 0 Å². The third kappa shape index (κ3) is 3.05. The van der Waals surface area contributed by atoms with Gasteiger partial charge in [0.2, 0.25) is 0 Å². The third-order valence-electron chi connectivity index (χ3n) is 4.28. The average Bonchev–Trinajstić information content (AvgIpc) is 2.81. The number of likely N-dealkylation sites (tertiary alicyclic amines) is 1.